The molecule has 5 heteroatoms. The van der Waals surface area contributed by atoms with E-state index in [0.717, 1.165) is 25.7 Å². The van der Waals surface area contributed by atoms with Gasteiger partial charge >= 0.3 is 5.97 Å². The Morgan fingerprint density at radius 2 is 1.52 bits per heavy atom. The van der Waals surface area contributed by atoms with Crippen molar-refractivity contribution in [3.05, 3.63) is 41.5 Å². The van der Waals surface area contributed by atoms with Crippen LogP contribution in [0.3, 0.4) is 0 Å². The maximum atomic E-state index is 14.6. The first-order chi connectivity index (χ1) is 20.3. The SMILES string of the molecule is CC1(C)CCC2(C)CCC3(C)C(=CC(=O)C4C5(C)CCC(OC(=O)C=Cc6cc(O)cc(O)c6)C(C)(C)C5CCC43C)C2C1. The number of hydrogen-bond donors (Lipinski definition) is 2. The number of carbonyl (C=O) groups excluding carboxylic acids is 2. The van der Waals surface area contributed by atoms with E-state index in [4.69, 9.17) is 4.74 Å². The lowest BCUT2D eigenvalue weighted by molar-refractivity contribution is -0.209. The van der Waals surface area contributed by atoms with Gasteiger partial charge in [0.1, 0.15) is 17.6 Å². The van der Waals surface area contributed by atoms with E-state index in [9.17, 15) is 19.8 Å². The fraction of sp³-hybridized carbons (Fsp3) is 0.692. The molecule has 5 aliphatic rings. The molecule has 240 valence electrons. The Morgan fingerprint density at radius 3 is 2.20 bits per heavy atom. The molecule has 2 N–H and O–H groups in total. The molecule has 0 spiro atoms. The number of allylic oxidation sites excluding steroid dienone is 2. The minimum Gasteiger partial charge on any atom is -0.508 e. The van der Waals surface area contributed by atoms with Crippen molar-refractivity contribution in [3.8, 4) is 11.5 Å². The second-order valence-electron chi connectivity index (χ2n) is 17.8. The first-order valence-electron chi connectivity index (χ1n) is 17.0. The van der Waals surface area contributed by atoms with E-state index in [1.54, 1.807) is 6.08 Å². The van der Waals surface area contributed by atoms with Crippen LogP contribution in [0.2, 0.25) is 0 Å². The molecular weight excluding hydrogens is 548 g/mol. The summed E-state index contributed by atoms with van der Waals surface area (Å²) in [5.41, 5.74) is 2.09. The number of ketones is 1. The molecule has 44 heavy (non-hydrogen) atoms. The summed E-state index contributed by atoms with van der Waals surface area (Å²) < 4.78 is 6.12. The third-order valence-electron chi connectivity index (χ3n) is 14.3. The number of benzene rings is 1. The fourth-order valence-corrected chi connectivity index (χ4v) is 11.6. The van der Waals surface area contributed by atoms with Crippen molar-refractivity contribution in [2.24, 2.45) is 50.2 Å². The Hall–Kier alpha value is -2.56. The molecule has 0 aliphatic heterocycles. The van der Waals surface area contributed by atoms with Crippen molar-refractivity contribution < 1.29 is 24.5 Å². The molecule has 6 rings (SSSR count). The van der Waals surface area contributed by atoms with Crippen LogP contribution in [0.25, 0.3) is 6.08 Å². The minimum absolute atomic E-state index is 0.0235. The average Bonchev–Trinajstić information content (AvgIpc) is 2.90. The smallest absolute Gasteiger partial charge is 0.331 e. The van der Waals surface area contributed by atoms with Gasteiger partial charge in [0.2, 0.25) is 0 Å². The van der Waals surface area contributed by atoms with Gasteiger partial charge in [0.05, 0.1) is 0 Å². The van der Waals surface area contributed by atoms with Crippen LogP contribution >= 0.6 is 0 Å². The highest BCUT2D eigenvalue weighted by atomic mass is 16.5. The van der Waals surface area contributed by atoms with E-state index in [1.165, 1.54) is 62.0 Å². The molecule has 0 saturated heterocycles. The number of fused-ring (bicyclic) bond motifs is 7. The number of hydrogen-bond acceptors (Lipinski definition) is 5. The van der Waals surface area contributed by atoms with Crippen LogP contribution in [0.1, 0.15) is 119 Å². The van der Waals surface area contributed by atoms with Gasteiger partial charge in [0, 0.05) is 23.5 Å². The van der Waals surface area contributed by atoms with Gasteiger partial charge < -0.3 is 14.9 Å². The number of ether oxygens (including phenoxy) is 1. The molecule has 0 radical (unpaired) electrons. The van der Waals surface area contributed by atoms with Crippen molar-refractivity contribution in [3.63, 3.8) is 0 Å². The summed E-state index contributed by atoms with van der Waals surface area (Å²) >= 11 is 0. The molecule has 4 saturated carbocycles. The van der Waals surface area contributed by atoms with Gasteiger partial charge in [-0.3, -0.25) is 4.79 Å². The number of phenolic OH excluding ortho intramolecular Hbond substituents is 2. The first kappa shape index (κ1) is 31.4. The first-order valence-corrected chi connectivity index (χ1v) is 17.0. The van der Waals surface area contributed by atoms with E-state index in [-0.39, 0.29) is 51.1 Å². The predicted octanol–water partition coefficient (Wildman–Crippen LogP) is 9.02. The summed E-state index contributed by atoms with van der Waals surface area (Å²) in [5.74, 6) is 0.517. The van der Waals surface area contributed by atoms with Crippen LogP contribution in [0.5, 0.6) is 11.5 Å². The third-order valence-corrected chi connectivity index (χ3v) is 14.3. The summed E-state index contributed by atoms with van der Waals surface area (Å²) in [4.78, 5) is 27.6. The highest BCUT2D eigenvalue weighted by Gasteiger charge is 2.70. The summed E-state index contributed by atoms with van der Waals surface area (Å²) in [6, 6.07) is 4.23. The summed E-state index contributed by atoms with van der Waals surface area (Å²) in [7, 11) is 0. The van der Waals surface area contributed by atoms with E-state index < -0.39 is 5.97 Å². The van der Waals surface area contributed by atoms with Crippen molar-refractivity contribution >= 4 is 17.8 Å². The van der Waals surface area contributed by atoms with Crippen LogP contribution in [-0.2, 0) is 14.3 Å². The lowest BCUT2D eigenvalue weighted by Crippen LogP contribution is -2.66. The van der Waals surface area contributed by atoms with Gasteiger partial charge in [-0.25, -0.2) is 4.79 Å². The average molecular weight is 603 g/mol. The molecule has 4 fully saturated rings. The molecule has 0 aromatic heterocycles. The van der Waals surface area contributed by atoms with Gasteiger partial charge in [-0.15, -0.1) is 0 Å². The molecule has 1 aromatic carbocycles. The quantitative estimate of drug-likeness (QED) is 0.266. The number of aromatic hydroxyl groups is 2. The Morgan fingerprint density at radius 1 is 0.864 bits per heavy atom. The number of carbonyl (C=O) groups is 2. The Balaban J connectivity index is 1.27. The standard InChI is InChI=1S/C39H54O5/c1-34(2)15-16-36(5)17-18-38(7)27(28(36)23-34)22-29(42)33-37(6)13-12-31(35(3,4)30(37)11-14-39(33,38)8)44-32(43)10-9-24-19-25(40)21-26(41)20-24/h9-10,19-22,28,30-31,33,40-41H,11-18,23H2,1-8H3. The van der Waals surface area contributed by atoms with Crippen LogP contribution in [0.4, 0.5) is 0 Å². The molecule has 5 aliphatic carbocycles. The van der Waals surface area contributed by atoms with Crippen LogP contribution in [0.15, 0.2) is 35.9 Å². The number of esters is 1. The minimum atomic E-state index is -0.426. The molecule has 0 amide bonds. The van der Waals surface area contributed by atoms with E-state index >= 15 is 0 Å². The van der Waals surface area contributed by atoms with Gasteiger partial charge in [-0.05, 0) is 127 Å². The largest absolute Gasteiger partial charge is 0.508 e. The number of rotatable bonds is 3. The molecule has 0 bridgehead atoms. The summed E-state index contributed by atoms with van der Waals surface area (Å²) in [5, 5.41) is 19.5. The van der Waals surface area contributed by atoms with Crippen molar-refractivity contribution in [2.45, 2.75) is 119 Å². The highest BCUT2D eigenvalue weighted by molar-refractivity contribution is 5.95. The van der Waals surface area contributed by atoms with Crippen molar-refractivity contribution in [2.75, 3.05) is 0 Å². The second-order valence-corrected chi connectivity index (χ2v) is 17.8. The molecule has 0 heterocycles. The predicted molar refractivity (Wildman–Crippen MR) is 174 cm³/mol. The van der Waals surface area contributed by atoms with Gasteiger partial charge in [-0.2, -0.15) is 0 Å². The van der Waals surface area contributed by atoms with Gasteiger partial charge in [-0.1, -0.05) is 61.0 Å². The van der Waals surface area contributed by atoms with E-state index in [1.807, 2.05) is 0 Å². The number of phenols is 2. The summed E-state index contributed by atoms with van der Waals surface area (Å²) in [6.07, 6.45) is 14.6. The summed E-state index contributed by atoms with van der Waals surface area (Å²) in [6.45, 7) is 19.2. The third kappa shape index (κ3) is 4.61. The highest BCUT2D eigenvalue weighted by Crippen LogP contribution is 2.75. The van der Waals surface area contributed by atoms with Crippen molar-refractivity contribution in [1.29, 1.82) is 0 Å². The zero-order chi connectivity index (χ0) is 32.1. The lowest BCUT2D eigenvalue weighted by Gasteiger charge is -2.70. The normalized spacial score (nSPS) is 42.4. The van der Waals surface area contributed by atoms with E-state index in [2.05, 4.69) is 61.5 Å². The lowest BCUT2D eigenvalue weighted by atomic mass is 9.33. The Bertz CT molecular complexity index is 1410. The zero-order valence-electron chi connectivity index (χ0n) is 28.3. The zero-order valence-corrected chi connectivity index (χ0v) is 28.3. The molecule has 8 unspecified atom stereocenters. The molecule has 5 nitrogen and oxygen atoms in total. The monoisotopic (exact) mass is 602 g/mol. The van der Waals surface area contributed by atoms with Gasteiger partial charge in [0.25, 0.3) is 0 Å². The van der Waals surface area contributed by atoms with Crippen LogP contribution in [-0.4, -0.2) is 28.1 Å². The maximum absolute atomic E-state index is 14.6. The Labute approximate surface area is 264 Å². The van der Waals surface area contributed by atoms with Crippen LogP contribution in [0, 0.1) is 50.2 Å². The molecule has 1 aromatic rings. The second kappa shape index (κ2) is 9.97. The van der Waals surface area contributed by atoms with E-state index in [0.29, 0.717) is 28.1 Å². The molecule has 8 atom stereocenters. The molecular formula is C39H54O5. The fourth-order valence-electron chi connectivity index (χ4n) is 11.6. The van der Waals surface area contributed by atoms with Crippen molar-refractivity contribution in [1.82, 2.24) is 0 Å². The maximum Gasteiger partial charge on any atom is 0.331 e. The van der Waals surface area contributed by atoms with Crippen LogP contribution < -0.4 is 0 Å². The van der Waals surface area contributed by atoms with Gasteiger partial charge in [0.15, 0.2) is 5.78 Å². The Kier molecular flexibility index (Phi) is 7.12. The topological polar surface area (TPSA) is 83.8 Å².